The fourth-order valence-corrected chi connectivity index (χ4v) is 4.95. The number of halogens is 3. The number of carbonyl (C=O) groups excluding carboxylic acids is 1. The molecule has 2 heterocycles. The van der Waals surface area contributed by atoms with Crippen molar-refractivity contribution in [3.63, 3.8) is 0 Å². The number of furan rings is 1. The molecule has 0 aliphatic rings. The van der Waals surface area contributed by atoms with Crippen LogP contribution in [0.25, 0.3) is 28.4 Å². The maximum absolute atomic E-state index is 12.9. The quantitative estimate of drug-likeness (QED) is 0.142. The summed E-state index contributed by atoms with van der Waals surface area (Å²) in [6.07, 6.45) is 0. The van der Waals surface area contributed by atoms with Gasteiger partial charge in [-0.2, -0.15) is 0 Å². The van der Waals surface area contributed by atoms with Crippen LogP contribution in [0.3, 0.4) is 0 Å². The first-order valence-corrected chi connectivity index (χ1v) is 13.0. The first kappa shape index (κ1) is 23.9. The van der Waals surface area contributed by atoms with Gasteiger partial charge in [-0.05, 0) is 54.6 Å². The molecule has 0 radical (unpaired) electrons. The summed E-state index contributed by atoms with van der Waals surface area (Å²) in [7, 11) is 0. The van der Waals surface area contributed by atoms with Crippen LogP contribution in [-0.4, -0.2) is 26.3 Å². The lowest BCUT2D eigenvalue weighted by atomic mass is 10.2. The molecule has 0 aliphatic carbocycles. The van der Waals surface area contributed by atoms with Crippen LogP contribution >= 0.6 is 50.9 Å². The Bertz CT molecular complexity index is 1500. The van der Waals surface area contributed by atoms with Crippen molar-refractivity contribution in [2.45, 2.75) is 5.16 Å². The van der Waals surface area contributed by atoms with Gasteiger partial charge in [-0.3, -0.25) is 9.36 Å². The van der Waals surface area contributed by atoms with Crippen LogP contribution < -0.4 is 0 Å². The molecule has 0 amide bonds. The van der Waals surface area contributed by atoms with Crippen LogP contribution in [0, 0.1) is 0 Å². The number of aromatic nitrogens is 3. The maximum atomic E-state index is 12.9. The van der Waals surface area contributed by atoms with Crippen LogP contribution in [0.2, 0.25) is 10.0 Å². The summed E-state index contributed by atoms with van der Waals surface area (Å²) in [5.41, 5.74) is 2.45. The summed E-state index contributed by atoms with van der Waals surface area (Å²) in [4.78, 5) is 12.9. The summed E-state index contributed by atoms with van der Waals surface area (Å²) in [5, 5.41) is 10.4. The topological polar surface area (TPSA) is 60.9 Å². The number of rotatable bonds is 7. The number of ketones is 1. The van der Waals surface area contributed by atoms with Gasteiger partial charge in [-0.1, -0.05) is 81.2 Å². The molecule has 0 saturated heterocycles. The van der Waals surface area contributed by atoms with E-state index >= 15 is 0 Å². The highest BCUT2D eigenvalue weighted by Gasteiger charge is 2.19. The third-order valence-corrected chi connectivity index (χ3v) is 7.18. The van der Waals surface area contributed by atoms with Crippen molar-refractivity contribution < 1.29 is 9.21 Å². The highest BCUT2D eigenvalue weighted by atomic mass is 79.9. The standard InChI is InChI=1S/C26H16BrCl2N3O2S/c27-17-8-6-16(7-9-17)25-30-31-26(32(25)19-4-2-1-3-5-19)35-15-22(33)24-13-12-23(34-24)20-14-18(28)10-11-21(20)29/h1-14H,15H2. The molecular weight excluding hydrogens is 569 g/mol. The summed E-state index contributed by atoms with van der Waals surface area (Å²) >= 11 is 17.1. The molecule has 0 aliphatic heterocycles. The van der Waals surface area contributed by atoms with E-state index < -0.39 is 0 Å². The summed E-state index contributed by atoms with van der Waals surface area (Å²) < 4.78 is 8.72. The molecule has 0 saturated carbocycles. The van der Waals surface area contributed by atoms with Crippen LogP contribution in [0.5, 0.6) is 0 Å². The molecule has 0 fully saturated rings. The van der Waals surface area contributed by atoms with Gasteiger partial charge in [0.2, 0.25) is 5.78 Å². The molecule has 0 unspecified atom stereocenters. The summed E-state index contributed by atoms with van der Waals surface area (Å²) in [5.74, 6) is 1.36. The Morgan fingerprint density at radius 3 is 2.49 bits per heavy atom. The molecule has 5 nitrogen and oxygen atoms in total. The monoisotopic (exact) mass is 583 g/mol. The van der Waals surface area contributed by atoms with Crippen molar-refractivity contribution in [1.29, 1.82) is 0 Å². The van der Waals surface area contributed by atoms with Crippen LogP contribution in [0.4, 0.5) is 0 Å². The van der Waals surface area contributed by atoms with Gasteiger partial charge in [-0.25, -0.2) is 0 Å². The second-order valence-corrected chi connectivity index (χ2v) is 10.2. The van der Waals surface area contributed by atoms with Crippen LogP contribution in [0.1, 0.15) is 10.6 Å². The van der Waals surface area contributed by atoms with Crippen molar-refractivity contribution in [3.05, 3.63) is 105 Å². The van der Waals surface area contributed by atoms with Gasteiger partial charge in [0.25, 0.3) is 0 Å². The Labute approximate surface area is 224 Å². The molecule has 0 spiro atoms. The minimum absolute atomic E-state index is 0.127. The van der Waals surface area contributed by atoms with E-state index in [2.05, 4.69) is 26.1 Å². The van der Waals surface area contributed by atoms with Crippen LogP contribution in [0.15, 0.2) is 99.0 Å². The zero-order chi connectivity index (χ0) is 24.4. The smallest absolute Gasteiger partial charge is 0.208 e. The highest BCUT2D eigenvalue weighted by Crippen LogP contribution is 2.33. The summed E-state index contributed by atoms with van der Waals surface area (Å²) in [6, 6.07) is 26.1. The van der Waals surface area contributed by atoms with E-state index in [0.717, 1.165) is 15.7 Å². The lowest BCUT2D eigenvalue weighted by Crippen LogP contribution is -2.04. The molecule has 2 aromatic heterocycles. The van der Waals surface area contributed by atoms with Gasteiger partial charge in [-0.15, -0.1) is 10.2 Å². The average Bonchev–Trinajstić information content (AvgIpc) is 3.53. The molecular formula is C26H16BrCl2N3O2S. The Morgan fingerprint density at radius 2 is 1.71 bits per heavy atom. The van der Waals surface area contributed by atoms with Crippen molar-refractivity contribution in [2.75, 3.05) is 5.75 Å². The first-order valence-electron chi connectivity index (χ1n) is 10.5. The normalized spacial score (nSPS) is 11.1. The SMILES string of the molecule is O=C(CSc1nnc(-c2ccc(Br)cc2)n1-c1ccccc1)c1ccc(-c2cc(Cl)ccc2Cl)o1. The van der Waals surface area contributed by atoms with E-state index in [9.17, 15) is 4.79 Å². The molecule has 35 heavy (non-hydrogen) atoms. The Balaban J connectivity index is 1.40. The molecule has 5 aromatic rings. The average molecular weight is 585 g/mol. The lowest BCUT2D eigenvalue weighted by Gasteiger charge is -2.10. The number of Topliss-reactive ketones (excluding diaryl/α,β-unsaturated/α-hetero) is 1. The van der Waals surface area contributed by atoms with E-state index in [0.29, 0.717) is 32.3 Å². The molecule has 174 valence electrons. The van der Waals surface area contributed by atoms with Gasteiger partial charge >= 0.3 is 0 Å². The minimum atomic E-state index is -0.174. The molecule has 0 N–H and O–H groups in total. The third-order valence-electron chi connectivity index (χ3n) is 5.16. The number of nitrogens with zero attached hydrogens (tertiary/aromatic N) is 3. The lowest BCUT2D eigenvalue weighted by molar-refractivity contribution is 0.0993. The van der Waals surface area contributed by atoms with Crippen molar-refractivity contribution in [2.24, 2.45) is 0 Å². The number of thioether (sulfide) groups is 1. The number of para-hydroxylation sites is 1. The number of hydrogen-bond donors (Lipinski definition) is 0. The summed E-state index contributed by atoms with van der Waals surface area (Å²) in [6.45, 7) is 0. The van der Waals surface area contributed by atoms with Gasteiger partial charge in [0.1, 0.15) is 5.76 Å². The zero-order valence-corrected chi connectivity index (χ0v) is 21.9. The van der Waals surface area contributed by atoms with E-state index in [-0.39, 0.29) is 17.3 Å². The highest BCUT2D eigenvalue weighted by molar-refractivity contribution is 9.10. The van der Waals surface area contributed by atoms with Crippen molar-refractivity contribution in [1.82, 2.24) is 14.8 Å². The van der Waals surface area contributed by atoms with E-state index in [1.165, 1.54) is 11.8 Å². The zero-order valence-electron chi connectivity index (χ0n) is 18.0. The van der Waals surface area contributed by atoms with Crippen molar-refractivity contribution >= 4 is 56.7 Å². The largest absolute Gasteiger partial charge is 0.453 e. The fraction of sp³-hybridized carbons (Fsp3) is 0.0385. The Morgan fingerprint density at radius 1 is 0.943 bits per heavy atom. The molecule has 5 rings (SSSR count). The predicted molar refractivity (Wildman–Crippen MR) is 144 cm³/mol. The Hall–Kier alpha value is -2.84. The second kappa shape index (κ2) is 10.4. The molecule has 3 aromatic carbocycles. The van der Waals surface area contributed by atoms with Gasteiger partial charge in [0, 0.05) is 26.3 Å². The van der Waals surface area contributed by atoms with Gasteiger partial charge in [0.15, 0.2) is 16.7 Å². The second-order valence-electron chi connectivity index (χ2n) is 7.48. The van der Waals surface area contributed by atoms with Gasteiger partial charge < -0.3 is 4.42 Å². The third kappa shape index (κ3) is 5.23. The fourth-order valence-electron chi connectivity index (χ4n) is 3.48. The number of benzene rings is 3. The maximum Gasteiger partial charge on any atom is 0.208 e. The van der Waals surface area contributed by atoms with E-state index in [4.69, 9.17) is 27.6 Å². The van der Waals surface area contributed by atoms with E-state index in [1.807, 2.05) is 59.2 Å². The Kier molecular flexibility index (Phi) is 7.11. The number of carbonyl (C=O) groups is 1. The minimum Gasteiger partial charge on any atom is -0.453 e. The first-order chi connectivity index (χ1) is 17.0. The van der Waals surface area contributed by atoms with Gasteiger partial charge in [0.05, 0.1) is 10.8 Å². The molecule has 9 heteroatoms. The van der Waals surface area contributed by atoms with E-state index in [1.54, 1.807) is 30.3 Å². The molecule has 0 bridgehead atoms. The predicted octanol–water partition coefficient (Wildman–Crippen LogP) is 8.24. The number of hydrogen-bond acceptors (Lipinski definition) is 5. The van der Waals surface area contributed by atoms with Crippen LogP contribution in [-0.2, 0) is 0 Å². The molecule has 0 atom stereocenters. The van der Waals surface area contributed by atoms with Crippen molar-refractivity contribution in [3.8, 4) is 28.4 Å².